The number of piperazine rings is 1. The second-order valence-electron chi connectivity index (χ2n) is 15.7. The van der Waals surface area contributed by atoms with Crippen LogP contribution in [0, 0.1) is 15.5 Å². The zero-order valence-electron chi connectivity index (χ0n) is 32.5. The number of H-pyrrole nitrogens is 1. The molecule has 3 fully saturated rings. The van der Waals surface area contributed by atoms with Gasteiger partial charge in [0.1, 0.15) is 17.1 Å². The van der Waals surface area contributed by atoms with Gasteiger partial charge in [0.05, 0.1) is 42.8 Å². The Kier molecular flexibility index (Phi) is 11.4. The predicted molar refractivity (Wildman–Crippen MR) is 228 cm³/mol. The summed E-state index contributed by atoms with van der Waals surface area (Å²) in [6.45, 7) is 5.44. The molecule has 16 heteroatoms. The van der Waals surface area contributed by atoms with Gasteiger partial charge in [0.15, 0.2) is 17.7 Å². The Labute approximate surface area is 350 Å². The molecular weight excluding hydrogens is 792 g/mol. The summed E-state index contributed by atoms with van der Waals surface area (Å²) in [5.41, 5.74) is 6.59. The van der Waals surface area contributed by atoms with Gasteiger partial charge >= 0.3 is 0 Å². The highest BCUT2D eigenvalue weighted by Gasteiger charge is 2.41. The van der Waals surface area contributed by atoms with E-state index in [2.05, 4.69) is 46.9 Å². The van der Waals surface area contributed by atoms with Gasteiger partial charge in [-0.15, -0.1) is 0 Å². The first-order valence-corrected chi connectivity index (χ1v) is 21.2. The number of hydrogen-bond acceptors (Lipinski definition) is 12. The molecule has 0 unspecified atom stereocenters. The molecule has 306 valence electrons. The Balaban J connectivity index is 0.904. The van der Waals surface area contributed by atoms with Crippen molar-refractivity contribution in [2.45, 2.75) is 49.6 Å². The van der Waals surface area contributed by atoms with E-state index >= 15 is 0 Å². The number of hydrogen-bond donors (Lipinski definition) is 3. The van der Waals surface area contributed by atoms with Crippen LogP contribution in [-0.4, -0.2) is 89.5 Å². The fourth-order valence-corrected chi connectivity index (χ4v) is 9.27. The highest BCUT2D eigenvalue weighted by Crippen LogP contribution is 2.55. The molecule has 1 spiro atoms. The summed E-state index contributed by atoms with van der Waals surface area (Å²) in [4.78, 5) is 42.8. The van der Waals surface area contributed by atoms with Gasteiger partial charge in [-0.1, -0.05) is 35.7 Å². The van der Waals surface area contributed by atoms with Crippen LogP contribution in [0.25, 0.3) is 16.6 Å². The minimum absolute atomic E-state index is 0.0690. The van der Waals surface area contributed by atoms with Gasteiger partial charge in [-0.05, 0) is 97.0 Å². The molecule has 1 amide bonds. The molecule has 1 saturated carbocycles. The van der Waals surface area contributed by atoms with Crippen LogP contribution in [-0.2, 0) is 9.47 Å². The first-order valence-electron chi connectivity index (χ1n) is 20.0. The number of amides is 1. The Morgan fingerprint density at radius 1 is 1.03 bits per heavy atom. The van der Waals surface area contributed by atoms with Crippen LogP contribution in [0.15, 0.2) is 89.7 Å². The lowest BCUT2D eigenvalue weighted by molar-refractivity contribution is -0.384. The smallest absolute Gasteiger partial charge is 0.293 e. The number of nitro groups is 1. The van der Waals surface area contributed by atoms with Crippen molar-refractivity contribution in [2.24, 2.45) is 5.41 Å². The molecule has 2 aromatic carbocycles. The minimum Gasteiger partial charge on any atom is -0.453 e. The number of allylic oxidation sites excluding steroid dienone is 1. The molecule has 0 radical (unpaired) electrons. The van der Waals surface area contributed by atoms with E-state index < -0.39 is 17.1 Å². The van der Waals surface area contributed by atoms with E-state index in [4.69, 9.17) is 25.8 Å². The summed E-state index contributed by atoms with van der Waals surface area (Å²) in [6.07, 6.45) is 12.2. The molecule has 2 saturated heterocycles. The largest absolute Gasteiger partial charge is 0.453 e. The Bertz CT molecular complexity index is 2370. The quantitative estimate of drug-likeness (QED) is 0.0626. The first kappa shape index (κ1) is 39.3. The predicted octanol–water partition coefficient (Wildman–Crippen LogP) is 8.46. The van der Waals surface area contributed by atoms with Gasteiger partial charge in [-0.3, -0.25) is 24.5 Å². The lowest BCUT2D eigenvalue weighted by Gasteiger charge is -2.47. The number of anilines is 2. The van der Waals surface area contributed by atoms with Crippen molar-refractivity contribution in [3.63, 3.8) is 0 Å². The van der Waals surface area contributed by atoms with Gasteiger partial charge in [0.2, 0.25) is 0 Å². The van der Waals surface area contributed by atoms with Gasteiger partial charge in [0, 0.05) is 66.4 Å². The SMILES string of the molecule is O=C(NSc1ccc(N[C@H]2COCCO2)c([N+](=O)[O-])c1)c1ncc(N2CCN(CC3=C(c4ccc(Cl)cc4)CC4(CCC4)CC3)CC2)cc1Oc1cnc2[nH]ccc2c1. The number of pyridine rings is 2. The standard InChI is InChI=1S/C43H45ClN8O6S/c44-31-4-2-28(3-5-31)35-23-43(10-1-11-43)12-8-30(35)26-50-14-16-51(17-15-50)32-21-38(58-33-20-29-9-13-45-41(29)47-25-33)40(46-24-32)42(53)49-59-34-6-7-36(37(22-34)52(54)55)48-39-27-56-18-19-57-39/h2-7,9,13,20-22,24-25,39,48H,1,8,10-12,14-19,23,26-27H2,(H,45,47)(H,49,53)/t39-/m1/s1. The van der Waals surface area contributed by atoms with E-state index in [0.717, 1.165) is 79.3 Å². The number of carbonyl (C=O) groups is 1. The van der Waals surface area contributed by atoms with Crippen molar-refractivity contribution in [1.29, 1.82) is 0 Å². The normalized spacial score (nSPS) is 19.4. The Morgan fingerprint density at radius 2 is 1.88 bits per heavy atom. The zero-order valence-corrected chi connectivity index (χ0v) is 34.0. The van der Waals surface area contributed by atoms with Crippen LogP contribution in [0.1, 0.15) is 54.6 Å². The van der Waals surface area contributed by atoms with E-state index in [1.54, 1.807) is 36.3 Å². The zero-order chi connectivity index (χ0) is 40.3. The topological polar surface area (TPSA) is 160 Å². The lowest BCUT2D eigenvalue weighted by Crippen LogP contribution is -2.47. The highest BCUT2D eigenvalue weighted by atomic mass is 35.5. The van der Waals surface area contributed by atoms with Gasteiger partial charge < -0.3 is 29.4 Å². The average molecular weight is 837 g/mol. The third kappa shape index (κ3) is 8.89. The summed E-state index contributed by atoms with van der Waals surface area (Å²) < 4.78 is 20.2. The maximum absolute atomic E-state index is 13.8. The van der Waals surface area contributed by atoms with Gasteiger partial charge in [-0.25, -0.2) is 9.97 Å². The molecule has 2 aliphatic carbocycles. The monoisotopic (exact) mass is 836 g/mol. The molecule has 9 rings (SSSR count). The number of nitro benzene ring substituents is 1. The molecule has 5 heterocycles. The van der Waals surface area contributed by atoms with Gasteiger partial charge in [-0.2, -0.15) is 0 Å². The molecule has 59 heavy (non-hydrogen) atoms. The fraction of sp³-hybridized carbons (Fsp3) is 0.372. The van der Waals surface area contributed by atoms with Crippen LogP contribution in [0.5, 0.6) is 11.5 Å². The number of nitrogens with one attached hydrogen (secondary N) is 3. The molecule has 4 aliphatic rings. The molecule has 3 N–H and O–H groups in total. The number of ether oxygens (including phenoxy) is 3. The molecule has 14 nitrogen and oxygen atoms in total. The Hall–Kier alpha value is -5.19. The number of benzene rings is 2. The summed E-state index contributed by atoms with van der Waals surface area (Å²) in [7, 11) is 0. The maximum Gasteiger partial charge on any atom is 0.293 e. The van der Waals surface area contributed by atoms with E-state index in [1.165, 1.54) is 42.9 Å². The summed E-state index contributed by atoms with van der Waals surface area (Å²) in [5.74, 6) is 0.204. The third-order valence-corrected chi connectivity index (χ3v) is 12.9. The van der Waals surface area contributed by atoms with Crippen LogP contribution < -0.4 is 19.7 Å². The van der Waals surface area contributed by atoms with E-state index in [9.17, 15) is 14.9 Å². The van der Waals surface area contributed by atoms with Crippen molar-refractivity contribution < 1.29 is 23.9 Å². The van der Waals surface area contributed by atoms with Crippen LogP contribution >= 0.6 is 23.5 Å². The van der Waals surface area contributed by atoms with Gasteiger partial charge in [0.25, 0.3) is 11.6 Å². The third-order valence-electron chi connectivity index (χ3n) is 11.9. The molecule has 5 aromatic rings. The Morgan fingerprint density at radius 3 is 2.64 bits per heavy atom. The van der Waals surface area contributed by atoms with Crippen molar-refractivity contribution >= 4 is 63.1 Å². The number of carbonyl (C=O) groups excluding carboxylic acids is 1. The van der Waals surface area contributed by atoms with Crippen LogP contribution in [0.4, 0.5) is 17.1 Å². The molecular formula is C43H45ClN8O6S. The maximum atomic E-state index is 13.8. The summed E-state index contributed by atoms with van der Waals surface area (Å²) >= 11 is 7.23. The number of nitrogens with zero attached hydrogens (tertiary/aromatic N) is 5. The van der Waals surface area contributed by atoms with E-state index in [1.807, 2.05) is 30.3 Å². The second-order valence-corrected chi connectivity index (χ2v) is 17.0. The van der Waals surface area contributed by atoms with Crippen LogP contribution in [0.2, 0.25) is 5.02 Å². The minimum atomic E-state index is -0.518. The van der Waals surface area contributed by atoms with Crippen LogP contribution in [0.3, 0.4) is 0 Å². The summed E-state index contributed by atoms with van der Waals surface area (Å²) in [5, 5.41) is 16.6. The number of halogens is 1. The summed E-state index contributed by atoms with van der Waals surface area (Å²) in [6, 6.07) is 18.7. The molecule has 1 atom stereocenters. The molecule has 0 bridgehead atoms. The first-order chi connectivity index (χ1) is 28.8. The number of aromatic nitrogens is 3. The number of rotatable bonds is 12. The van der Waals surface area contributed by atoms with Crippen molar-refractivity contribution in [3.05, 3.63) is 111 Å². The number of fused-ring (bicyclic) bond motifs is 1. The fourth-order valence-electron chi connectivity index (χ4n) is 8.53. The van der Waals surface area contributed by atoms with Crippen molar-refractivity contribution in [1.82, 2.24) is 24.6 Å². The molecule has 2 aliphatic heterocycles. The van der Waals surface area contributed by atoms with E-state index in [-0.39, 0.29) is 23.7 Å². The highest BCUT2D eigenvalue weighted by molar-refractivity contribution is 7.98. The van der Waals surface area contributed by atoms with Crippen molar-refractivity contribution in [3.8, 4) is 11.5 Å². The lowest BCUT2D eigenvalue weighted by atomic mass is 9.59. The molecule has 3 aromatic heterocycles. The average Bonchev–Trinajstić information content (AvgIpc) is 3.72. The second kappa shape index (κ2) is 17.2. The van der Waals surface area contributed by atoms with Crippen molar-refractivity contribution in [2.75, 3.05) is 62.8 Å². The van der Waals surface area contributed by atoms with E-state index in [0.29, 0.717) is 35.0 Å². The number of aromatic amines is 1.